The number of halogens is 1. The first-order chi connectivity index (χ1) is 9.45. The molecule has 112 valence electrons. The van der Waals surface area contributed by atoms with Gasteiger partial charge in [-0.3, -0.25) is 0 Å². The monoisotopic (exact) mass is 378 g/mol. The average Bonchev–Trinajstić information content (AvgIpc) is 2.89. The van der Waals surface area contributed by atoms with Crippen LogP contribution in [0.15, 0.2) is 20.1 Å². The van der Waals surface area contributed by atoms with E-state index in [0.29, 0.717) is 28.8 Å². The summed E-state index contributed by atoms with van der Waals surface area (Å²) in [5, 5.41) is 0. The van der Waals surface area contributed by atoms with Crippen molar-refractivity contribution >= 4 is 37.3 Å². The number of rotatable bonds is 4. The summed E-state index contributed by atoms with van der Waals surface area (Å²) in [6.07, 6.45) is 4.76. The number of fused-ring (bicyclic) bond motifs is 2. The Hall–Kier alpha value is 0.0500. The van der Waals surface area contributed by atoms with Crippen molar-refractivity contribution in [2.24, 2.45) is 5.92 Å². The van der Waals surface area contributed by atoms with E-state index in [0.717, 1.165) is 16.6 Å². The molecule has 2 aliphatic rings. The zero-order chi connectivity index (χ0) is 14.3. The summed E-state index contributed by atoms with van der Waals surface area (Å²) < 4.78 is 28.4. The lowest BCUT2D eigenvalue weighted by Crippen LogP contribution is -2.43. The largest absolute Gasteiger partial charge is 0.300 e. The van der Waals surface area contributed by atoms with Gasteiger partial charge in [-0.2, -0.15) is 0 Å². The fraction of sp³-hybridized carbons (Fsp3) is 0.692. The molecule has 2 bridgehead atoms. The highest BCUT2D eigenvalue weighted by Gasteiger charge is 2.38. The number of piperidine rings is 1. The van der Waals surface area contributed by atoms with E-state index in [1.807, 2.05) is 0 Å². The van der Waals surface area contributed by atoms with Crippen LogP contribution in [0.5, 0.6) is 0 Å². The van der Waals surface area contributed by atoms with Gasteiger partial charge in [0, 0.05) is 18.6 Å². The van der Waals surface area contributed by atoms with Crippen LogP contribution in [0, 0.1) is 5.92 Å². The molecule has 0 radical (unpaired) electrons. The minimum absolute atomic E-state index is 0.389. The van der Waals surface area contributed by atoms with Crippen LogP contribution in [0.3, 0.4) is 0 Å². The molecule has 2 atom stereocenters. The summed E-state index contributed by atoms with van der Waals surface area (Å²) in [5.41, 5.74) is 0. The standard InChI is InChI=1S/C13H19BrN2O2S2/c1-16-10-2-3-11(16)7-9(6-10)8-15-20(17,18)13-5-4-12(14)19-13/h4-5,9-11,15H,2-3,6-8H2,1H3. The predicted molar refractivity (Wildman–Crippen MR) is 84.5 cm³/mol. The molecular weight excluding hydrogens is 360 g/mol. The molecule has 0 aromatic carbocycles. The fourth-order valence-corrected chi connectivity index (χ4v) is 6.60. The highest BCUT2D eigenvalue weighted by atomic mass is 79.9. The molecule has 7 heteroatoms. The van der Waals surface area contributed by atoms with E-state index in [4.69, 9.17) is 0 Å². The van der Waals surface area contributed by atoms with Crippen LogP contribution < -0.4 is 4.72 Å². The van der Waals surface area contributed by atoms with Crippen LogP contribution in [-0.4, -0.2) is 39.0 Å². The van der Waals surface area contributed by atoms with Gasteiger partial charge in [0.25, 0.3) is 0 Å². The Balaban J connectivity index is 1.60. The molecule has 20 heavy (non-hydrogen) atoms. The summed E-state index contributed by atoms with van der Waals surface area (Å²) in [7, 11) is -1.14. The van der Waals surface area contributed by atoms with E-state index < -0.39 is 10.0 Å². The van der Waals surface area contributed by atoms with E-state index in [1.54, 1.807) is 12.1 Å². The van der Waals surface area contributed by atoms with Gasteiger partial charge >= 0.3 is 0 Å². The highest BCUT2D eigenvalue weighted by Crippen LogP contribution is 2.37. The van der Waals surface area contributed by atoms with Gasteiger partial charge in [-0.25, -0.2) is 13.1 Å². The Morgan fingerprint density at radius 3 is 2.55 bits per heavy atom. The smallest absolute Gasteiger partial charge is 0.250 e. The Morgan fingerprint density at radius 1 is 1.35 bits per heavy atom. The Kier molecular flexibility index (Phi) is 4.25. The van der Waals surface area contributed by atoms with E-state index in [1.165, 1.54) is 24.2 Å². The van der Waals surface area contributed by atoms with Gasteiger partial charge in [-0.05, 0) is 66.7 Å². The maximum atomic E-state index is 12.2. The number of nitrogens with zero attached hydrogens (tertiary/aromatic N) is 1. The zero-order valence-corrected chi connectivity index (χ0v) is 14.6. The predicted octanol–water partition coefficient (Wildman–Crippen LogP) is 2.66. The molecule has 3 heterocycles. The minimum Gasteiger partial charge on any atom is -0.300 e. The Bertz CT molecular complexity index is 573. The molecule has 0 amide bonds. The third-order valence-electron chi connectivity index (χ3n) is 4.57. The van der Waals surface area contributed by atoms with Gasteiger partial charge in [0.15, 0.2) is 0 Å². The topological polar surface area (TPSA) is 49.4 Å². The van der Waals surface area contributed by atoms with Crippen molar-refractivity contribution < 1.29 is 8.42 Å². The van der Waals surface area contributed by atoms with E-state index in [2.05, 4.69) is 32.6 Å². The van der Waals surface area contributed by atoms with Gasteiger partial charge in [0.05, 0.1) is 3.79 Å². The molecule has 1 N–H and O–H groups in total. The number of hydrogen-bond donors (Lipinski definition) is 1. The maximum Gasteiger partial charge on any atom is 0.250 e. The molecule has 1 aromatic rings. The zero-order valence-electron chi connectivity index (χ0n) is 11.4. The van der Waals surface area contributed by atoms with Crippen LogP contribution in [0.1, 0.15) is 25.7 Å². The molecule has 0 spiro atoms. The number of thiophene rings is 1. The lowest BCUT2D eigenvalue weighted by molar-refractivity contribution is 0.135. The number of sulfonamides is 1. The van der Waals surface area contributed by atoms with Crippen LogP contribution >= 0.6 is 27.3 Å². The first-order valence-electron chi connectivity index (χ1n) is 6.92. The van der Waals surface area contributed by atoms with Crippen molar-refractivity contribution in [2.45, 2.75) is 42.0 Å². The first-order valence-corrected chi connectivity index (χ1v) is 10.0. The van der Waals surface area contributed by atoms with Gasteiger partial charge in [-0.15, -0.1) is 11.3 Å². The Labute approximate surface area is 132 Å². The summed E-state index contributed by atoms with van der Waals surface area (Å²) in [6, 6.07) is 4.73. The van der Waals surface area contributed by atoms with Crippen LogP contribution in [-0.2, 0) is 10.0 Å². The molecule has 2 unspecified atom stereocenters. The van der Waals surface area contributed by atoms with Crippen molar-refractivity contribution in [1.29, 1.82) is 0 Å². The van der Waals surface area contributed by atoms with Crippen LogP contribution in [0.2, 0.25) is 0 Å². The van der Waals surface area contributed by atoms with Gasteiger partial charge < -0.3 is 4.90 Å². The summed E-state index contributed by atoms with van der Waals surface area (Å²) >= 11 is 4.56. The molecule has 3 rings (SSSR count). The SMILES string of the molecule is CN1C2CCC1CC(CNS(=O)(=O)c1ccc(Br)s1)C2. The van der Waals surface area contributed by atoms with Crippen molar-refractivity contribution in [3.63, 3.8) is 0 Å². The average molecular weight is 379 g/mol. The number of hydrogen-bond acceptors (Lipinski definition) is 4. The lowest BCUT2D eigenvalue weighted by atomic mass is 9.91. The molecule has 0 saturated carbocycles. The summed E-state index contributed by atoms with van der Waals surface area (Å²) in [6.45, 7) is 0.568. The second kappa shape index (κ2) is 5.68. The van der Waals surface area contributed by atoms with Crippen molar-refractivity contribution in [2.75, 3.05) is 13.6 Å². The molecule has 4 nitrogen and oxygen atoms in total. The lowest BCUT2D eigenvalue weighted by Gasteiger charge is -2.36. The van der Waals surface area contributed by atoms with Crippen molar-refractivity contribution in [1.82, 2.24) is 9.62 Å². The van der Waals surface area contributed by atoms with Crippen LogP contribution in [0.4, 0.5) is 0 Å². The highest BCUT2D eigenvalue weighted by molar-refractivity contribution is 9.11. The molecular formula is C13H19BrN2O2S2. The summed E-state index contributed by atoms with van der Waals surface area (Å²) in [4.78, 5) is 2.47. The molecule has 1 aromatic heterocycles. The van der Waals surface area contributed by atoms with Gasteiger partial charge in [-0.1, -0.05) is 0 Å². The van der Waals surface area contributed by atoms with Crippen molar-refractivity contribution in [3.8, 4) is 0 Å². The van der Waals surface area contributed by atoms with E-state index in [9.17, 15) is 8.42 Å². The molecule has 2 aliphatic heterocycles. The summed E-state index contributed by atoms with van der Waals surface area (Å²) in [5.74, 6) is 0.474. The molecule has 0 aliphatic carbocycles. The second-order valence-electron chi connectivity index (χ2n) is 5.80. The minimum atomic E-state index is -3.34. The quantitative estimate of drug-likeness (QED) is 0.875. The normalized spacial score (nSPS) is 30.8. The van der Waals surface area contributed by atoms with Crippen LogP contribution in [0.25, 0.3) is 0 Å². The second-order valence-corrected chi connectivity index (χ2v) is 10.3. The first kappa shape index (κ1) is 15.0. The number of nitrogens with one attached hydrogen (secondary N) is 1. The fourth-order valence-electron chi connectivity index (χ4n) is 3.43. The maximum absolute atomic E-state index is 12.2. The third kappa shape index (κ3) is 2.97. The third-order valence-corrected chi connectivity index (χ3v) is 8.11. The van der Waals surface area contributed by atoms with Gasteiger partial charge in [0.1, 0.15) is 4.21 Å². The van der Waals surface area contributed by atoms with Gasteiger partial charge in [0.2, 0.25) is 10.0 Å². The molecule has 2 saturated heterocycles. The van der Waals surface area contributed by atoms with E-state index in [-0.39, 0.29) is 0 Å². The Morgan fingerprint density at radius 2 is 2.00 bits per heavy atom. The van der Waals surface area contributed by atoms with E-state index >= 15 is 0 Å². The van der Waals surface area contributed by atoms with Crippen molar-refractivity contribution in [3.05, 3.63) is 15.9 Å². The molecule has 2 fully saturated rings.